The van der Waals surface area contributed by atoms with Gasteiger partial charge in [-0.05, 0) is 0 Å². The van der Waals surface area contributed by atoms with Gasteiger partial charge in [-0.2, -0.15) is 0 Å². The van der Waals surface area contributed by atoms with Gasteiger partial charge in [-0.3, -0.25) is 9.36 Å². The van der Waals surface area contributed by atoms with Crippen LogP contribution in [0.1, 0.15) is 5.69 Å². The molecule has 1 rings (SSSR count). The number of nitrogens with two attached hydrogens (primary N) is 2. The van der Waals surface area contributed by atoms with E-state index in [1.165, 1.54) is 12.5 Å². The Morgan fingerprint density at radius 2 is 2.06 bits per heavy atom. The van der Waals surface area contributed by atoms with E-state index in [0.717, 1.165) is 4.57 Å². The molecule has 0 aliphatic carbocycles. The van der Waals surface area contributed by atoms with Crippen LogP contribution in [0, 0.1) is 0 Å². The second kappa shape index (κ2) is 7.04. The summed E-state index contributed by atoms with van der Waals surface area (Å²) < 4.78 is 1.06. The van der Waals surface area contributed by atoms with E-state index in [1.807, 2.05) is 0 Å². The fourth-order valence-corrected chi connectivity index (χ4v) is 0.902. The summed E-state index contributed by atoms with van der Waals surface area (Å²) in [6.45, 7) is 0. The van der Waals surface area contributed by atoms with E-state index in [-0.39, 0.29) is 31.2 Å². The number of carbonyl (C=O) groups excluding carboxylic acids is 1. The number of carboxylic acid groups (broad SMARTS) is 1. The van der Waals surface area contributed by atoms with E-state index < -0.39 is 18.0 Å². The molecular weight excluding hydrogens is 259 g/mol. The highest BCUT2D eigenvalue weighted by Crippen LogP contribution is 1.99. The lowest BCUT2D eigenvalue weighted by molar-refractivity contribution is -0.138. The first-order chi connectivity index (χ1) is 6.50. The summed E-state index contributed by atoms with van der Waals surface area (Å²) in [6.07, 6.45) is 2.63. The molecule has 1 aromatic rings. The van der Waals surface area contributed by atoms with Crippen LogP contribution in [0.2, 0.25) is 0 Å². The number of imidazole rings is 1. The molecule has 0 aromatic carbocycles. The lowest BCUT2D eigenvalue weighted by atomic mass is 10.2. The van der Waals surface area contributed by atoms with Gasteiger partial charge in [0.05, 0.1) is 5.69 Å². The van der Waals surface area contributed by atoms with Crippen LogP contribution in [0.5, 0.6) is 0 Å². The van der Waals surface area contributed by atoms with Gasteiger partial charge in [-0.25, -0.2) is 9.78 Å². The van der Waals surface area contributed by atoms with Crippen LogP contribution >= 0.6 is 24.8 Å². The van der Waals surface area contributed by atoms with E-state index in [9.17, 15) is 9.59 Å². The van der Waals surface area contributed by atoms with Gasteiger partial charge in [0.2, 0.25) is 0 Å². The van der Waals surface area contributed by atoms with Crippen LogP contribution in [-0.4, -0.2) is 32.7 Å². The quantitative estimate of drug-likeness (QED) is 0.690. The second-order valence-electron chi connectivity index (χ2n) is 2.76. The first-order valence-electron chi connectivity index (χ1n) is 3.81. The van der Waals surface area contributed by atoms with Crippen molar-refractivity contribution in [1.82, 2.24) is 9.55 Å². The molecule has 0 fully saturated rings. The Bertz CT molecular complexity index is 368. The highest BCUT2D eigenvalue weighted by Gasteiger charge is 2.14. The van der Waals surface area contributed by atoms with E-state index in [0.29, 0.717) is 5.69 Å². The summed E-state index contributed by atoms with van der Waals surface area (Å²) in [5, 5.41) is 8.51. The minimum atomic E-state index is -1.11. The van der Waals surface area contributed by atoms with Crippen molar-refractivity contribution in [1.29, 1.82) is 0 Å². The highest BCUT2D eigenvalue weighted by atomic mass is 35.5. The molecule has 0 aliphatic heterocycles. The van der Waals surface area contributed by atoms with Crippen molar-refractivity contribution >= 4 is 36.8 Å². The maximum atomic E-state index is 10.6. The zero-order chi connectivity index (χ0) is 10.7. The van der Waals surface area contributed by atoms with Crippen LogP contribution < -0.4 is 11.5 Å². The van der Waals surface area contributed by atoms with Gasteiger partial charge in [0, 0.05) is 12.6 Å². The van der Waals surface area contributed by atoms with Gasteiger partial charge in [0.15, 0.2) is 0 Å². The van der Waals surface area contributed by atoms with Crippen LogP contribution in [0.25, 0.3) is 0 Å². The lowest BCUT2D eigenvalue weighted by Gasteiger charge is -2.01. The number of carbonyl (C=O) groups is 2. The van der Waals surface area contributed by atoms with Crippen molar-refractivity contribution < 1.29 is 14.7 Å². The Kier molecular flexibility index (Phi) is 7.53. The topological polar surface area (TPSA) is 124 Å². The average Bonchev–Trinajstić information content (AvgIpc) is 2.52. The average molecular weight is 271 g/mol. The standard InChI is InChI=1S/C7H10N4O3.2ClH/c8-5(6(12)13)1-4-2-11(3-10-4)7(9)14;;/h2-3,5H,1,8H2,(H2,9,14)(H,12,13);2*1H/t5-;;/m0../s1. The molecule has 0 aliphatic rings. The van der Waals surface area contributed by atoms with Gasteiger partial charge in [-0.1, -0.05) is 0 Å². The molecule has 1 atom stereocenters. The van der Waals surface area contributed by atoms with Crippen molar-refractivity contribution in [2.45, 2.75) is 12.5 Å². The lowest BCUT2D eigenvalue weighted by Crippen LogP contribution is -2.32. The summed E-state index contributed by atoms with van der Waals surface area (Å²) in [6, 6.07) is -1.70. The number of hydrogen-bond acceptors (Lipinski definition) is 4. The SMILES string of the molecule is Cl.Cl.NC(=O)n1cnc(C[C@H](N)C(=O)O)c1. The summed E-state index contributed by atoms with van der Waals surface area (Å²) in [4.78, 5) is 24.8. The molecule has 1 heterocycles. The fraction of sp³-hybridized carbons (Fsp3) is 0.286. The molecule has 92 valence electrons. The Balaban J connectivity index is 0. The van der Waals surface area contributed by atoms with Crippen LogP contribution in [-0.2, 0) is 11.2 Å². The number of aliphatic carboxylic acids is 1. The molecule has 0 radical (unpaired) electrons. The molecule has 0 unspecified atom stereocenters. The maximum Gasteiger partial charge on any atom is 0.324 e. The van der Waals surface area contributed by atoms with Gasteiger partial charge in [-0.15, -0.1) is 24.8 Å². The number of hydrogen-bond donors (Lipinski definition) is 3. The zero-order valence-corrected chi connectivity index (χ0v) is 9.70. The zero-order valence-electron chi connectivity index (χ0n) is 8.07. The molecule has 1 aromatic heterocycles. The normalized spacial score (nSPS) is 10.8. The first-order valence-corrected chi connectivity index (χ1v) is 3.81. The van der Waals surface area contributed by atoms with Crippen LogP contribution in [0.3, 0.4) is 0 Å². The molecule has 1 amide bonds. The van der Waals surface area contributed by atoms with Gasteiger partial charge >= 0.3 is 12.0 Å². The Morgan fingerprint density at radius 1 is 1.50 bits per heavy atom. The van der Waals surface area contributed by atoms with Crippen molar-refractivity contribution in [2.24, 2.45) is 11.5 Å². The minimum Gasteiger partial charge on any atom is -0.480 e. The third kappa shape index (κ3) is 4.47. The molecule has 0 saturated heterocycles. The van der Waals surface area contributed by atoms with Crippen molar-refractivity contribution in [3.05, 3.63) is 18.2 Å². The number of nitrogens with zero attached hydrogens (tertiary/aromatic N) is 2. The van der Waals surface area contributed by atoms with Crippen molar-refractivity contribution in [3.63, 3.8) is 0 Å². The Labute approximate surface area is 104 Å². The van der Waals surface area contributed by atoms with Crippen molar-refractivity contribution in [2.75, 3.05) is 0 Å². The number of halogens is 2. The molecular formula is C7H12Cl2N4O3. The predicted octanol–water partition coefficient (Wildman–Crippen LogP) is -0.392. The van der Waals surface area contributed by atoms with Gasteiger partial charge in [0.1, 0.15) is 12.4 Å². The largest absolute Gasteiger partial charge is 0.480 e. The molecule has 0 bridgehead atoms. The summed E-state index contributed by atoms with van der Waals surface area (Å²) >= 11 is 0. The maximum absolute atomic E-state index is 10.6. The molecule has 7 nitrogen and oxygen atoms in total. The Morgan fingerprint density at radius 3 is 2.44 bits per heavy atom. The van der Waals surface area contributed by atoms with E-state index in [2.05, 4.69) is 4.98 Å². The number of carboxylic acids is 1. The number of primary amides is 1. The Hall–Kier alpha value is -1.31. The van der Waals surface area contributed by atoms with E-state index in [1.54, 1.807) is 0 Å². The molecule has 0 saturated carbocycles. The summed E-state index contributed by atoms with van der Waals surface area (Å²) in [5.41, 5.74) is 10.6. The predicted molar refractivity (Wildman–Crippen MR) is 61.0 cm³/mol. The third-order valence-corrected chi connectivity index (χ3v) is 1.64. The number of amides is 1. The van der Waals surface area contributed by atoms with E-state index in [4.69, 9.17) is 16.6 Å². The smallest absolute Gasteiger partial charge is 0.324 e. The molecule has 0 spiro atoms. The highest BCUT2D eigenvalue weighted by molar-refractivity contribution is 5.85. The third-order valence-electron chi connectivity index (χ3n) is 1.64. The van der Waals surface area contributed by atoms with Gasteiger partial charge in [0.25, 0.3) is 0 Å². The fourth-order valence-electron chi connectivity index (χ4n) is 0.902. The molecule has 16 heavy (non-hydrogen) atoms. The minimum absolute atomic E-state index is 0. The van der Waals surface area contributed by atoms with Gasteiger partial charge < -0.3 is 16.6 Å². The van der Waals surface area contributed by atoms with Crippen molar-refractivity contribution in [3.8, 4) is 0 Å². The first kappa shape index (κ1) is 17.1. The number of rotatable bonds is 3. The summed E-state index contributed by atoms with van der Waals surface area (Å²) in [5.74, 6) is -1.11. The van der Waals surface area contributed by atoms with E-state index >= 15 is 0 Å². The van der Waals surface area contributed by atoms with Crippen LogP contribution in [0.4, 0.5) is 4.79 Å². The summed E-state index contributed by atoms with van der Waals surface area (Å²) in [7, 11) is 0. The number of aromatic nitrogens is 2. The van der Waals surface area contributed by atoms with Crippen LogP contribution in [0.15, 0.2) is 12.5 Å². The molecule has 5 N–H and O–H groups in total. The monoisotopic (exact) mass is 270 g/mol. The second-order valence-corrected chi connectivity index (χ2v) is 2.76. The molecule has 9 heteroatoms.